The van der Waals surface area contributed by atoms with Gasteiger partial charge in [-0.25, -0.2) is 0 Å². The van der Waals surface area contributed by atoms with Gasteiger partial charge in [0.15, 0.2) is 0 Å². The lowest BCUT2D eigenvalue weighted by atomic mass is 9.87. The van der Waals surface area contributed by atoms with Gasteiger partial charge < -0.3 is 5.32 Å². The Hall–Kier alpha value is -1.02. The van der Waals surface area contributed by atoms with Crippen LogP contribution in [0, 0.1) is 5.92 Å². The molecule has 1 saturated heterocycles. The maximum Gasteiger partial charge on any atom is 0.0342 e. The van der Waals surface area contributed by atoms with Gasteiger partial charge in [0.05, 0.1) is 0 Å². The second kappa shape index (κ2) is 6.62. The van der Waals surface area contributed by atoms with Crippen LogP contribution >= 0.6 is 0 Å². The lowest BCUT2D eigenvalue weighted by molar-refractivity contribution is 0.331. The zero-order valence-electron chi connectivity index (χ0n) is 12.8. The first-order valence-corrected chi connectivity index (χ1v) is 8.37. The van der Waals surface area contributed by atoms with Crippen LogP contribution in [0.15, 0.2) is 24.3 Å². The van der Waals surface area contributed by atoms with Crippen molar-refractivity contribution in [3.8, 4) is 0 Å². The molecule has 0 radical (unpaired) electrons. The van der Waals surface area contributed by atoms with E-state index in [-0.39, 0.29) is 0 Å². The van der Waals surface area contributed by atoms with Gasteiger partial charge >= 0.3 is 0 Å². The van der Waals surface area contributed by atoms with Gasteiger partial charge in [-0.15, -0.1) is 0 Å². The first-order valence-electron chi connectivity index (χ1n) is 8.37. The predicted molar refractivity (Wildman–Crippen MR) is 86.0 cm³/mol. The van der Waals surface area contributed by atoms with Gasteiger partial charge in [0.2, 0.25) is 0 Å². The number of rotatable bonds is 4. The van der Waals surface area contributed by atoms with Crippen molar-refractivity contribution in [3.63, 3.8) is 0 Å². The summed E-state index contributed by atoms with van der Waals surface area (Å²) >= 11 is 0. The van der Waals surface area contributed by atoms with Crippen LogP contribution in [0.1, 0.15) is 51.0 Å². The van der Waals surface area contributed by atoms with Crippen molar-refractivity contribution in [3.05, 3.63) is 29.8 Å². The van der Waals surface area contributed by atoms with E-state index in [0.717, 1.165) is 12.5 Å². The summed E-state index contributed by atoms with van der Waals surface area (Å²) in [5, 5.41) is 3.72. The number of nitrogens with one attached hydrogen (secondary N) is 1. The minimum Gasteiger partial charge on any atom is -0.382 e. The average molecular weight is 272 g/mol. The smallest absolute Gasteiger partial charge is 0.0342 e. The topological polar surface area (TPSA) is 15.3 Å². The van der Waals surface area contributed by atoms with Gasteiger partial charge in [-0.3, -0.25) is 4.90 Å². The summed E-state index contributed by atoms with van der Waals surface area (Å²) in [5.41, 5.74) is 2.75. The molecule has 2 heteroatoms. The summed E-state index contributed by atoms with van der Waals surface area (Å²) in [6.45, 7) is 6.06. The molecule has 2 aliphatic rings. The Labute approximate surface area is 123 Å². The molecule has 0 bridgehead atoms. The van der Waals surface area contributed by atoms with Gasteiger partial charge in [0.25, 0.3) is 0 Å². The average Bonchev–Trinajstić information content (AvgIpc) is 2.94. The maximum atomic E-state index is 3.72. The van der Waals surface area contributed by atoms with Crippen LogP contribution in [0.5, 0.6) is 0 Å². The van der Waals surface area contributed by atoms with Crippen molar-refractivity contribution in [2.45, 2.75) is 58.0 Å². The molecule has 2 unspecified atom stereocenters. The molecule has 2 atom stereocenters. The fourth-order valence-corrected chi connectivity index (χ4v) is 3.71. The van der Waals surface area contributed by atoms with E-state index < -0.39 is 0 Å². The van der Waals surface area contributed by atoms with Crippen LogP contribution < -0.4 is 5.32 Å². The van der Waals surface area contributed by atoms with Crippen LogP contribution in [0.25, 0.3) is 0 Å². The number of nitrogens with zero attached hydrogens (tertiary/aromatic N) is 1. The van der Waals surface area contributed by atoms with Crippen molar-refractivity contribution in [2.75, 3.05) is 18.4 Å². The lowest BCUT2D eigenvalue weighted by Gasteiger charge is -2.28. The summed E-state index contributed by atoms with van der Waals surface area (Å²) in [4.78, 5) is 2.56. The minimum absolute atomic E-state index is 0.684. The molecule has 2 nitrogen and oxygen atoms in total. The van der Waals surface area contributed by atoms with Gasteiger partial charge in [0.1, 0.15) is 0 Å². The molecule has 20 heavy (non-hydrogen) atoms. The highest BCUT2D eigenvalue weighted by Crippen LogP contribution is 2.26. The first-order chi connectivity index (χ1) is 9.79. The quantitative estimate of drug-likeness (QED) is 0.880. The van der Waals surface area contributed by atoms with Crippen LogP contribution in [0.2, 0.25) is 0 Å². The van der Waals surface area contributed by atoms with E-state index in [4.69, 9.17) is 0 Å². The third-order valence-electron chi connectivity index (χ3n) is 4.87. The van der Waals surface area contributed by atoms with E-state index >= 15 is 0 Å². The van der Waals surface area contributed by atoms with Crippen molar-refractivity contribution >= 4 is 5.69 Å². The molecular formula is C18H28N2. The zero-order valence-corrected chi connectivity index (χ0v) is 12.8. The van der Waals surface area contributed by atoms with E-state index in [1.165, 1.54) is 62.9 Å². The normalized spacial score (nSPS) is 27.6. The second-order valence-electron chi connectivity index (χ2n) is 6.79. The van der Waals surface area contributed by atoms with Crippen molar-refractivity contribution in [1.29, 1.82) is 0 Å². The van der Waals surface area contributed by atoms with Gasteiger partial charge in [0, 0.05) is 18.3 Å². The van der Waals surface area contributed by atoms with E-state index in [2.05, 4.69) is 41.4 Å². The summed E-state index contributed by atoms with van der Waals surface area (Å²) < 4.78 is 0. The van der Waals surface area contributed by atoms with Gasteiger partial charge in [-0.05, 0) is 62.4 Å². The number of hydrogen-bond donors (Lipinski definition) is 1. The SMILES string of the molecule is CC1CCCC(Nc2ccc(CN3CCCC3)cc2)C1. The number of benzene rings is 1. The summed E-state index contributed by atoms with van der Waals surface area (Å²) in [6.07, 6.45) is 8.20. The molecule has 2 fully saturated rings. The van der Waals surface area contributed by atoms with Gasteiger partial charge in [-0.1, -0.05) is 31.9 Å². The molecule has 1 aliphatic heterocycles. The monoisotopic (exact) mass is 272 g/mol. The van der Waals surface area contributed by atoms with E-state index in [1.54, 1.807) is 0 Å². The van der Waals surface area contributed by atoms with Crippen molar-refractivity contribution in [2.24, 2.45) is 5.92 Å². The second-order valence-corrected chi connectivity index (χ2v) is 6.79. The largest absolute Gasteiger partial charge is 0.382 e. The molecule has 3 rings (SSSR count). The Morgan fingerprint density at radius 2 is 1.80 bits per heavy atom. The lowest BCUT2D eigenvalue weighted by Crippen LogP contribution is -2.26. The Kier molecular flexibility index (Phi) is 4.62. The Morgan fingerprint density at radius 3 is 2.50 bits per heavy atom. The fraction of sp³-hybridized carbons (Fsp3) is 0.667. The number of anilines is 1. The third-order valence-corrected chi connectivity index (χ3v) is 4.87. The molecule has 1 heterocycles. The third kappa shape index (κ3) is 3.76. The number of likely N-dealkylation sites (tertiary alicyclic amines) is 1. The first kappa shape index (κ1) is 13.9. The molecule has 0 spiro atoms. The van der Waals surface area contributed by atoms with Crippen molar-refractivity contribution in [1.82, 2.24) is 4.90 Å². The standard InChI is InChI=1S/C18H28N2/c1-15-5-4-6-18(13-15)19-17-9-7-16(8-10-17)14-20-11-2-3-12-20/h7-10,15,18-19H,2-6,11-14H2,1H3. The number of hydrogen-bond acceptors (Lipinski definition) is 2. The van der Waals surface area contributed by atoms with Crippen LogP contribution in [0.4, 0.5) is 5.69 Å². The molecule has 1 N–H and O–H groups in total. The zero-order chi connectivity index (χ0) is 13.8. The minimum atomic E-state index is 0.684. The summed E-state index contributed by atoms with van der Waals surface area (Å²) in [6, 6.07) is 9.82. The van der Waals surface area contributed by atoms with E-state index in [1.807, 2.05) is 0 Å². The molecule has 1 aromatic carbocycles. The highest BCUT2D eigenvalue weighted by atomic mass is 15.1. The molecule has 1 saturated carbocycles. The summed E-state index contributed by atoms with van der Waals surface area (Å²) in [5.74, 6) is 0.885. The Morgan fingerprint density at radius 1 is 1.05 bits per heavy atom. The molecule has 1 aromatic rings. The van der Waals surface area contributed by atoms with Crippen molar-refractivity contribution < 1.29 is 0 Å². The van der Waals surface area contributed by atoms with Crippen LogP contribution in [-0.4, -0.2) is 24.0 Å². The molecule has 0 amide bonds. The summed E-state index contributed by atoms with van der Waals surface area (Å²) in [7, 11) is 0. The van der Waals surface area contributed by atoms with Crippen LogP contribution in [0.3, 0.4) is 0 Å². The van der Waals surface area contributed by atoms with E-state index in [0.29, 0.717) is 6.04 Å². The molecule has 110 valence electrons. The Balaban J connectivity index is 1.52. The molecule has 0 aromatic heterocycles. The van der Waals surface area contributed by atoms with Gasteiger partial charge in [-0.2, -0.15) is 0 Å². The maximum absolute atomic E-state index is 3.72. The van der Waals surface area contributed by atoms with E-state index in [9.17, 15) is 0 Å². The van der Waals surface area contributed by atoms with Crippen LogP contribution in [-0.2, 0) is 6.54 Å². The fourth-order valence-electron chi connectivity index (χ4n) is 3.71. The molecule has 1 aliphatic carbocycles. The highest BCUT2D eigenvalue weighted by molar-refractivity contribution is 5.45. The predicted octanol–water partition coefficient (Wildman–Crippen LogP) is 4.27. The Bertz CT molecular complexity index is 406. The highest BCUT2D eigenvalue weighted by Gasteiger charge is 2.18. The molecular weight excluding hydrogens is 244 g/mol.